The Labute approximate surface area is 187 Å². The summed E-state index contributed by atoms with van der Waals surface area (Å²) in [6.07, 6.45) is 4.30. The van der Waals surface area contributed by atoms with Gasteiger partial charge in [-0.05, 0) is 41.3 Å². The van der Waals surface area contributed by atoms with Crippen molar-refractivity contribution in [3.05, 3.63) is 119 Å². The van der Waals surface area contributed by atoms with Gasteiger partial charge in [-0.15, -0.1) is 0 Å². The van der Waals surface area contributed by atoms with Crippen molar-refractivity contribution >= 4 is 23.1 Å². The molecule has 156 valence electrons. The third-order valence-electron chi connectivity index (χ3n) is 7.12. The van der Waals surface area contributed by atoms with Crippen LogP contribution < -0.4 is 4.90 Å². The molecule has 3 aromatic carbocycles. The summed E-state index contributed by atoms with van der Waals surface area (Å²) >= 11 is 0. The number of imide groups is 1. The Morgan fingerprint density at radius 3 is 1.59 bits per heavy atom. The van der Waals surface area contributed by atoms with Gasteiger partial charge in [0.15, 0.2) is 0 Å². The molecule has 3 heteroatoms. The van der Waals surface area contributed by atoms with E-state index in [9.17, 15) is 9.59 Å². The number of hydrogen-bond donors (Lipinski definition) is 0. The Kier molecular flexibility index (Phi) is 4.25. The average Bonchev–Trinajstić information content (AvgIpc) is 3.46. The molecule has 3 nitrogen and oxygen atoms in total. The number of rotatable bonds is 3. The highest BCUT2D eigenvalue weighted by atomic mass is 16.2. The van der Waals surface area contributed by atoms with Crippen LogP contribution in [0.5, 0.6) is 0 Å². The zero-order chi connectivity index (χ0) is 21.8. The predicted octanol–water partition coefficient (Wildman–Crippen LogP) is 5.42. The Morgan fingerprint density at radius 2 is 1.12 bits per heavy atom. The van der Waals surface area contributed by atoms with E-state index < -0.39 is 0 Å². The minimum Gasteiger partial charge on any atom is -0.274 e. The maximum Gasteiger partial charge on any atom is 0.238 e. The van der Waals surface area contributed by atoms with E-state index in [1.165, 1.54) is 10.5 Å². The molecule has 1 saturated heterocycles. The van der Waals surface area contributed by atoms with E-state index in [0.717, 1.165) is 22.3 Å². The van der Waals surface area contributed by atoms with E-state index in [-0.39, 0.29) is 35.5 Å². The minimum atomic E-state index is -0.323. The maximum atomic E-state index is 13.6. The van der Waals surface area contributed by atoms with Crippen LogP contribution in [0.2, 0.25) is 0 Å². The summed E-state index contributed by atoms with van der Waals surface area (Å²) in [6.45, 7) is 2.00. The van der Waals surface area contributed by atoms with Gasteiger partial charge in [0, 0.05) is 11.8 Å². The number of fused-ring (bicyclic) bond motifs is 5. The van der Waals surface area contributed by atoms with Gasteiger partial charge in [-0.3, -0.25) is 9.59 Å². The number of allylic oxidation sites excluding steroid dienone is 3. The van der Waals surface area contributed by atoms with E-state index in [0.29, 0.717) is 5.69 Å². The standard InChI is InChI=1S/C29H23NO2/c1-18-12-14-21(15-13-18)30-28(31)26-22-16-17-23(27(26)29(30)32)25(22)24(19-8-4-2-5-9-19)20-10-6-3-7-11-20/h2-17,22-23,26-27H,1H3/t22-,23-,26+,27+/m0/s1. The van der Waals surface area contributed by atoms with E-state index in [2.05, 4.69) is 36.4 Å². The molecule has 4 atom stereocenters. The number of carbonyl (C=O) groups is 2. The monoisotopic (exact) mass is 417 g/mol. The molecule has 2 fully saturated rings. The highest BCUT2D eigenvalue weighted by molar-refractivity contribution is 6.23. The summed E-state index contributed by atoms with van der Waals surface area (Å²) in [6, 6.07) is 28.3. The fourth-order valence-corrected chi connectivity index (χ4v) is 5.75. The molecule has 1 saturated carbocycles. The molecule has 6 rings (SSSR count). The Balaban J connectivity index is 1.48. The quantitative estimate of drug-likeness (QED) is 0.422. The van der Waals surface area contributed by atoms with Crippen molar-refractivity contribution in [3.8, 4) is 0 Å². The first-order valence-electron chi connectivity index (χ1n) is 11.1. The van der Waals surface area contributed by atoms with Gasteiger partial charge in [0.2, 0.25) is 11.8 Å². The number of aryl methyl sites for hydroxylation is 1. The molecule has 0 aromatic heterocycles. The number of benzene rings is 3. The lowest BCUT2D eigenvalue weighted by Gasteiger charge is -2.21. The summed E-state index contributed by atoms with van der Waals surface area (Å²) < 4.78 is 0. The van der Waals surface area contributed by atoms with Crippen LogP contribution in [0.25, 0.3) is 5.57 Å². The van der Waals surface area contributed by atoms with Gasteiger partial charge in [-0.2, -0.15) is 0 Å². The van der Waals surface area contributed by atoms with Gasteiger partial charge >= 0.3 is 0 Å². The smallest absolute Gasteiger partial charge is 0.238 e. The highest BCUT2D eigenvalue weighted by Crippen LogP contribution is 2.58. The minimum absolute atomic E-state index is 0.0488. The van der Waals surface area contributed by atoms with Crippen LogP contribution in [0, 0.1) is 30.6 Å². The number of amides is 2. The van der Waals surface area contributed by atoms with Crippen molar-refractivity contribution in [1.29, 1.82) is 0 Å². The fourth-order valence-electron chi connectivity index (χ4n) is 5.75. The van der Waals surface area contributed by atoms with Crippen LogP contribution >= 0.6 is 0 Å². The normalized spacial score (nSPS) is 25.5. The van der Waals surface area contributed by atoms with Gasteiger partial charge in [-0.1, -0.05) is 90.5 Å². The molecule has 32 heavy (non-hydrogen) atoms. The second-order valence-electron chi connectivity index (χ2n) is 8.90. The Morgan fingerprint density at radius 1 is 0.656 bits per heavy atom. The molecule has 0 N–H and O–H groups in total. The van der Waals surface area contributed by atoms with Gasteiger partial charge in [0.05, 0.1) is 17.5 Å². The molecular weight excluding hydrogens is 394 g/mol. The van der Waals surface area contributed by atoms with Crippen LogP contribution in [0.1, 0.15) is 16.7 Å². The first kappa shape index (κ1) is 19.0. The summed E-state index contributed by atoms with van der Waals surface area (Å²) in [7, 11) is 0. The molecular formula is C29H23NO2. The second kappa shape index (κ2) is 7.16. The third-order valence-corrected chi connectivity index (χ3v) is 7.12. The fraction of sp³-hybridized carbons (Fsp3) is 0.172. The lowest BCUT2D eigenvalue weighted by atomic mass is 9.85. The van der Waals surface area contributed by atoms with Gasteiger partial charge < -0.3 is 0 Å². The topological polar surface area (TPSA) is 37.4 Å². The van der Waals surface area contributed by atoms with Crippen LogP contribution in [-0.4, -0.2) is 11.8 Å². The van der Waals surface area contributed by atoms with Crippen molar-refractivity contribution in [2.45, 2.75) is 6.92 Å². The van der Waals surface area contributed by atoms with E-state index in [1.807, 2.05) is 67.6 Å². The summed E-state index contributed by atoms with van der Waals surface area (Å²) in [5.74, 6) is -0.885. The first-order chi connectivity index (χ1) is 15.6. The van der Waals surface area contributed by atoms with Crippen LogP contribution in [0.4, 0.5) is 5.69 Å². The molecule has 2 aliphatic carbocycles. The number of carbonyl (C=O) groups excluding carboxylic acids is 2. The van der Waals surface area contributed by atoms with Crippen LogP contribution in [-0.2, 0) is 9.59 Å². The molecule has 0 spiro atoms. The molecule has 2 amide bonds. The largest absolute Gasteiger partial charge is 0.274 e. The molecule has 2 bridgehead atoms. The second-order valence-corrected chi connectivity index (χ2v) is 8.90. The van der Waals surface area contributed by atoms with Crippen LogP contribution in [0.3, 0.4) is 0 Å². The lowest BCUT2D eigenvalue weighted by Crippen LogP contribution is -2.33. The summed E-state index contributed by atoms with van der Waals surface area (Å²) in [5.41, 5.74) is 6.41. The van der Waals surface area contributed by atoms with E-state index >= 15 is 0 Å². The number of nitrogens with zero attached hydrogens (tertiary/aromatic N) is 1. The Hall–Kier alpha value is -3.72. The molecule has 3 aliphatic rings. The number of hydrogen-bond acceptors (Lipinski definition) is 2. The van der Waals surface area contributed by atoms with Crippen molar-refractivity contribution in [2.75, 3.05) is 4.90 Å². The maximum absolute atomic E-state index is 13.6. The zero-order valence-corrected chi connectivity index (χ0v) is 17.8. The molecule has 1 heterocycles. The Bertz CT molecular complexity index is 1200. The lowest BCUT2D eigenvalue weighted by molar-refractivity contribution is -0.122. The molecule has 3 aromatic rings. The summed E-state index contributed by atoms with van der Waals surface area (Å²) in [4.78, 5) is 28.5. The number of anilines is 1. The van der Waals surface area contributed by atoms with E-state index in [1.54, 1.807) is 0 Å². The molecule has 0 radical (unpaired) electrons. The molecule has 0 unspecified atom stereocenters. The van der Waals surface area contributed by atoms with Crippen molar-refractivity contribution in [1.82, 2.24) is 0 Å². The first-order valence-corrected chi connectivity index (χ1v) is 11.1. The van der Waals surface area contributed by atoms with Crippen molar-refractivity contribution in [2.24, 2.45) is 23.7 Å². The van der Waals surface area contributed by atoms with Gasteiger partial charge in [-0.25, -0.2) is 4.90 Å². The highest BCUT2D eigenvalue weighted by Gasteiger charge is 2.62. The van der Waals surface area contributed by atoms with Gasteiger partial charge in [0.25, 0.3) is 0 Å². The zero-order valence-electron chi connectivity index (χ0n) is 17.8. The van der Waals surface area contributed by atoms with E-state index in [4.69, 9.17) is 0 Å². The SMILES string of the molecule is Cc1ccc(N2C(=O)[C@H]3[C@H](C2=O)[C@H]2C=C[C@H]3C2=C(c2ccccc2)c2ccccc2)cc1. The molecule has 1 aliphatic heterocycles. The third kappa shape index (κ3) is 2.67. The van der Waals surface area contributed by atoms with Crippen molar-refractivity contribution in [3.63, 3.8) is 0 Å². The van der Waals surface area contributed by atoms with Crippen LogP contribution in [0.15, 0.2) is 103 Å². The van der Waals surface area contributed by atoms with Crippen molar-refractivity contribution < 1.29 is 9.59 Å². The van der Waals surface area contributed by atoms with Gasteiger partial charge in [0.1, 0.15) is 0 Å². The summed E-state index contributed by atoms with van der Waals surface area (Å²) in [5, 5.41) is 0. The predicted molar refractivity (Wildman–Crippen MR) is 126 cm³/mol. The average molecular weight is 418 g/mol.